The van der Waals surface area contributed by atoms with Crippen molar-refractivity contribution in [1.82, 2.24) is 25.5 Å². The van der Waals surface area contributed by atoms with Gasteiger partial charge in [-0.25, -0.2) is 4.79 Å². The molecule has 1 spiro atoms. The second-order valence-electron chi connectivity index (χ2n) is 8.77. The van der Waals surface area contributed by atoms with E-state index < -0.39 is 17.5 Å². The van der Waals surface area contributed by atoms with Gasteiger partial charge in [-0.15, -0.1) is 11.3 Å². The molecule has 1 aliphatic carbocycles. The Morgan fingerprint density at radius 3 is 2.72 bits per heavy atom. The van der Waals surface area contributed by atoms with E-state index in [0.29, 0.717) is 29.6 Å². The molecule has 0 bridgehead atoms. The molecule has 4 amide bonds. The standard InChI is InChI=1S/C20H27N5O3S/c1-11(2)10-24-17-14(13(4)22-24)9-15(29-17)16(26)23-25-18(27)20(21-19(25)28)7-5-12(3)6-8-20/h9,11-12H,5-8,10H2,1-4H3,(H,21,28)(H,23,26). The molecular formula is C20H27N5O3S. The number of carbonyl (C=O) groups is 3. The first-order valence-electron chi connectivity index (χ1n) is 10.1. The molecule has 2 aromatic heterocycles. The number of hydrogen-bond donors (Lipinski definition) is 2. The zero-order valence-corrected chi connectivity index (χ0v) is 18.1. The van der Waals surface area contributed by atoms with Crippen LogP contribution in [0.5, 0.6) is 0 Å². The van der Waals surface area contributed by atoms with Crippen molar-refractivity contribution in [2.75, 3.05) is 0 Å². The molecule has 2 N–H and O–H groups in total. The van der Waals surface area contributed by atoms with E-state index in [0.717, 1.165) is 40.3 Å². The van der Waals surface area contributed by atoms with E-state index in [9.17, 15) is 14.4 Å². The molecular weight excluding hydrogens is 390 g/mol. The van der Waals surface area contributed by atoms with Gasteiger partial charge < -0.3 is 5.32 Å². The van der Waals surface area contributed by atoms with Gasteiger partial charge in [-0.2, -0.15) is 10.1 Å². The Hall–Kier alpha value is -2.42. The van der Waals surface area contributed by atoms with Crippen molar-refractivity contribution in [2.45, 2.75) is 65.5 Å². The highest BCUT2D eigenvalue weighted by molar-refractivity contribution is 7.20. The SMILES string of the molecule is Cc1nn(CC(C)C)c2sc(C(=O)NN3C(=O)NC4(CCC(C)CC4)C3=O)cc12. The summed E-state index contributed by atoms with van der Waals surface area (Å²) in [5.41, 5.74) is 2.51. The van der Waals surface area contributed by atoms with Gasteiger partial charge in [0.2, 0.25) is 0 Å². The molecule has 1 aliphatic heterocycles. The van der Waals surface area contributed by atoms with E-state index in [1.165, 1.54) is 11.3 Å². The molecule has 2 fully saturated rings. The summed E-state index contributed by atoms with van der Waals surface area (Å²) in [4.78, 5) is 39.6. The molecule has 2 aromatic rings. The van der Waals surface area contributed by atoms with Crippen LogP contribution >= 0.6 is 11.3 Å². The Balaban J connectivity index is 1.53. The Labute approximate surface area is 173 Å². The predicted octanol–water partition coefficient (Wildman–Crippen LogP) is 3.21. The average molecular weight is 418 g/mol. The van der Waals surface area contributed by atoms with Gasteiger partial charge in [0.05, 0.1) is 10.6 Å². The number of carbonyl (C=O) groups excluding carboxylic acids is 3. The summed E-state index contributed by atoms with van der Waals surface area (Å²) in [6.45, 7) is 9.06. The number of nitrogens with one attached hydrogen (secondary N) is 2. The number of hydrazine groups is 1. The van der Waals surface area contributed by atoms with Crippen LogP contribution in [0.2, 0.25) is 0 Å². The minimum atomic E-state index is -0.870. The highest BCUT2D eigenvalue weighted by Gasteiger charge is 2.53. The van der Waals surface area contributed by atoms with E-state index >= 15 is 0 Å². The normalized spacial score (nSPS) is 24.7. The maximum absolute atomic E-state index is 12.9. The van der Waals surface area contributed by atoms with E-state index in [1.807, 2.05) is 11.6 Å². The van der Waals surface area contributed by atoms with Crippen LogP contribution in [0.4, 0.5) is 4.79 Å². The second kappa shape index (κ2) is 7.12. The van der Waals surface area contributed by atoms with E-state index in [1.54, 1.807) is 6.07 Å². The summed E-state index contributed by atoms with van der Waals surface area (Å²) in [5, 5.41) is 9.15. The molecule has 0 radical (unpaired) electrons. The van der Waals surface area contributed by atoms with Crippen molar-refractivity contribution in [3.8, 4) is 0 Å². The topological polar surface area (TPSA) is 96.3 Å². The zero-order chi connectivity index (χ0) is 20.9. The maximum Gasteiger partial charge on any atom is 0.344 e. The van der Waals surface area contributed by atoms with Gasteiger partial charge in [0.15, 0.2) is 0 Å². The van der Waals surface area contributed by atoms with Gasteiger partial charge in [0, 0.05) is 11.9 Å². The first-order chi connectivity index (χ1) is 13.7. The van der Waals surface area contributed by atoms with Gasteiger partial charge in [-0.05, 0) is 50.5 Å². The van der Waals surface area contributed by atoms with Crippen LogP contribution in [0.3, 0.4) is 0 Å². The molecule has 1 saturated heterocycles. The quantitative estimate of drug-likeness (QED) is 0.747. The van der Waals surface area contributed by atoms with Crippen LogP contribution in [0, 0.1) is 18.8 Å². The van der Waals surface area contributed by atoms with E-state index in [-0.39, 0.29) is 5.91 Å². The highest BCUT2D eigenvalue weighted by atomic mass is 32.1. The lowest BCUT2D eigenvalue weighted by Crippen LogP contribution is -2.51. The minimum absolute atomic E-state index is 0.356. The number of rotatable bonds is 4. The third-order valence-electron chi connectivity index (χ3n) is 5.87. The third kappa shape index (κ3) is 3.41. The minimum Gasteiger partial charge on any atom is -0.322 e. The smallest absolute Gasteiger partial charge is 0.322 e. The lowest BCUT2D eigenvalue weighted by Gasteiger charge is -2.33. The fraction of sp³-hybridized carbons (Fsp3) is 0.600. The van der Waals surface area contributed by atoms with Crippen molar-refractivity contribution in [3.05, 3.63) is 16.6 Å². The Kier molecular flexibility index (Phi) is 4.88. The molecule has 156 valence electrons. The molecule has 3 heterocycles. The molecule has 0 atom stereocenters. The summed E-state index contributed by atoms with van der Waals surface area (Å²) in [6.07, 6.45) is 2.99. The lowest BCUT2D eigenvalue weighted by molar-refractivity contribution is -0.134. The number of fused-ring (bicyclic) bond motifs is 1. The molecule has 2 aliphatic rings. The van der Waals surface area contributed by atoms with Crippen molar-refractivity contribution in [2.24, 2.45) is 11.8 Å². The Morgan fingerprint density at radius 1 is 1.38 bits per heavy atom. The highest BCUT2D eigenvalue weighted by Crippen LogP contribution is 2.36. The molecule has 4 rings (SSSR count). The molecule has 0 unspecified atom stereocenters. The molecule has 29 heavy (non-hydrogen) atoms. The van der Waals surface area contributed by atoms with Crippen LogP contribution in [-0.2, 0) is 11.3 Å². The van der Waals surface area contributed by atoms with Gasteiger partial charge in [-0.1, -0.05) is 20.8 Å². The summed E-state index contributed by atoms with van der Waals surface area (Å²) in [7, 11) is 0. The van der Waals surface area contributed by atoms with Crippen LogP contribution in [0.1, 0.15) is 61.8 Å². The van der Waals surface area contributed by atoms with Crippen LogP contribution in [0.25, 0.3) is 10.2 Å². The average Bonchev–Trinajstić information content (AvgIpc) is 3.28. The molecule has 1 saturated carbocycles. The molecule has 8 nitrogen and oxygen atoms in total. The number of aryl methyl sites for hydroxylation is 1. The number of hydrogen-bond acceptors (Lipinski definition) is 5. The number of urea groups is 1. The summed E-state index contributed by atoms with van der Waals surface area (Å²) in [6, 6.07) is 1.23. The maximum atomic E-state index is 12.9. The summed E-state index contributed by atoms with van der Waals surface area (Å²) < 4.78 is 1.92. The van der Waals surface area contributed by atoms with Gasteiger partial charge in [-0.3, -0.25) is 19.7 Å². The number of thiophene rings is 1. The molecule has 0 aromatic carbocycles. The van der Waals surface area contributed by atoms with Crippen LogP contribution in [0.15, 0.2) is 6.07 Å². The van der Waals surface area contributed by atoms with E-state index in [4.69, 9.17) is 0 Å². The second-order valence-corrected chi connectivity index (χ2v) is 9.80. The largest absolute Gasteiger partial charge is 0.344 e. The molecule has 9 heteroatoms. The number of aromatic nitrogens is 2. The van der Waals surface area contributed by atoms with Gasteiger partial charge >= 0.3 is 6.03 Å². The first kappa shape index (κ1) is 19.9. The van der Waals surface area contributed by atoms with Crippen molar-refractivity contribution >= 4 is 39.4 Å². The van der Waals surface area contributed by atoms with Gasteiger partial charge in [0.1, 0.15) is 10.4 Å². The van der Waals surface area contributed by atoms with Crippen molar-refractivity contribution in [1.29, 1.82) is 0 Å². The summed E-state index contributed by atoms with van der Waals surface area (Å²) in [5.74, 6) is 0.163. The summed E-state index contributed by atoms with van der Waals surface area (Å²) >= 11 is 1.33. The first-order valence-corrected chi connectivity index (χ1v) is 11.0. The van der Waals surface area contributed by atoms with Gasteiger partial charge in [0.25, 0.3) is 11.8 Å². The lowest BCUT2D eigenvalue weighted by atomic mass is 9.77. The Bertz CT molecular complexity index is 984. The number of imide groups is 1. The third-order valence-corrected chi connectivity index (χ3v) is 7.02. The van der Waals surface area contributed by atoms with E-state index in [2.05, 4.69) is 36.6 Å². The predicted molar refractivity (Wildman–Crippen MR) is 110 cm³/mol. The Morgan fingerprint density at radius 2 is 2.07 bits per heavy atom. The zero-order valence-electron chi connectivity index (χ0n) is 17.2. The fourth-order valence-electron chi connectivity index (χ4n) is 4.17. The fourth-order valence-corrected chi connectivity index (χ4v) is 5.23. The van der Waals surface area contributed by atoms with Crippen molar-refractivity contribution in [3.63, 3.8) is 0 Å². The monoisotopic (exact) mass is 417 g/mol. The van der Waals surface area contributed by atoms with Crippen LogP contribution < -0.4 is 10.7 Å². The van der Waals surface area contributed by atoms with Crippen molar-refractivity contribution < 1.29 is 14.4 Å². The number of nitrogens with zero attached hydrogens (tertiary/aromatic N) is 3. The number of amides is 4. The van der Waals surface area contributed by atoms with Crippen LogP contribution in [-0.4, -0.2) is 38.2 Å².